The lowest BCUT2D eigenvalue weighted by Crippen LogP contribution is -2.14. The summed E-state index contributed by atoms with van der Waals surface area (Å²) in [5, 5.41) is 6.35. The molecule has 0 aromatic carbocycles. The standard InChI is InChI=1S/C17H13N5OS/c23-15(7-11-3-1-5-18-8-11)22-17-21-14(10-24-17)13-9-20-16-12(13)4-2-6-19-16/h1-6,8-10H,7H2,(H,19,20)(H,21,22,23). The summed E-state index contributed by atoms with van der Waals surface area (Å²) < 4.78 is 0. The van der Waals surface area contributed by atoms with Crippen LogP contribution in [0.3, 0.4) is 0 Å². The molecule has 0 fully saturated rings. The molecule has 4 rings (SSSR count). The predicted molar refractivity (Wildman–Crippen MR) is 93.8 cm³/mol. The van der Waals surface area contributed by atoms with E-state index in [1.165, 1.54) is 11.3 Å². The van der Waals surface area contributed by atoms with Crippen LogP contribution in [0.5, 0.6) is 0 Å². The summed E-state index contributed by atoms with van der Waals surface area (Å²) in [7, 11) is 0. The number of hydrogen-bond acceptors (Lipinski definition) is 5. The Bertz CT molecular complexity index is 992. The monoisotopic (exact) mass is 335 g/mol. The molecule has 4 aromatic rings. The lowest BCUT2D eigenvalue weighted by atomic mass is 10.2. The summed E-state index contributed by atoms with van der Waals surface area (Å²) in [6, 6.07) is 7.57. The predicted octanol–water partition coefficient (Wildman–Crippen LogP) is 3.26. The number of carbonyl (C=O) groups is 1. The van der Waals surface area contributed by atoms with Crippen LogP contribution in [-0.2, 0) is 11.2 Å². The highest BCUT2D eigenvalue weighted by molar-refractivity contribution is 7.14. The molecule has 0 aliphatic rings. The zero-order valence-corrected chi connectivity index (χ0v) is 13.4. The van der Waals surface area contributed by atoms with Gasteiger partial charge in [0.2, 0.25) is 5.91 Å². The first-order valence-corrected chi connectivity index (χ1v) is 8.24. The largest absolute Gasteiger partial charge is 0.345 e. The van der Waals surface area contributed by atoms with Crippen molar-refractivity contribution in [3.05, 3.63) is 60.0 Å². The van der Waals surface area contributed by atoms with Crippen LogP contribution in [0.4, 0.5) is 5.13 Å². The topological polar surface area (TPSA) is 83.6 Å². The van der Waals surface area contributed by atoms with E-state index >= 15 is 0 Å². The van der Waals surface area contributed by atoms with Crippen LogP contribution in [0, 0.1) is 0 Å². The van der Waals surface area contributed by atoms with E-state index in [-0.39, 0.29) is 12.3 Å². The van der Waals surface area contributed by atoms with Crippen molar-refractivity contribution in [2.45, 2.75) is 6.42 Å². The van der Waals surface area contributed by atoms with Gasteiger partial charge in [-0.05, 0) is 23.8 Å². The molecule has 6 nitrogen and oxygen atoms in total. The summed E-state index contributed by atoms with van der Waals surface area (Å²) in [6.07, 6.45) is 7.28. The number of thiazole rings is 1. The number of carbonyl (C=O) groups excluding carboxylic acids is 1. The molecule has 4 heterocycles. The molecular formula is C17H13N5OS. The highest BCUT2D eigenvalue weighted by atomic mass is 32.1. The number of aromatic nitrogens is 4. The van der Waals surface area contributed by atoms with Gasteiger partial charge in [-0.15, -0.1) is 11.3 Å². The van der Waals surface area contributed by atoms with Crippen molar-refractivity contribution < 1.29 is 4.79 Å². The Kier molecular flexibility index (Phi) is 3.76. The van der Waals surface area contributed by atoms with Gasteiger partial charge in [-0.3, -0.25) is 9.78 Å². The maximum atomic E-state index is 12.1. The van der Waals surface area contributed by atoms with E-state index < -0.39 is 0 Å². The Hall–Kier alpha value is -3.06. The molecule has 24 heavy (non-hydrogen) atoms. The highest BCUT2D eigenvalue weighted by Crippen LogP contribution is 2.30. The van der Waals surface area contributed by atoms with Crippen molar-refractivity contribution in [2.75, 3.05) is 5.32 Å². The number of nitrogens with zero attached hydrogens (tertiary/aromatic N) is 3. The molecule has 0 aliphatic heterocycles. The van der Waals surface area contributed by atoms with Crippen molar-refractivity contribution in [3.8, 4) is 11.3 Å². The SMILES string of the molecule is O=C(Cc1cccnc1)Nc1nc(-c2c[nH]c3ncccc23)cs1. The molecule has 0 atom stereocenters. The number of nitrogens with one attached hydrogen (secondary N) is 2. The van der Waals surface area contributed by atoms with Crippen molar-refractivity contribution in [2.24, 2.45) is 0 Å². The van der Waals surface area contributed by atoms with E-state index in [4.69, 9.17) is 0 Å². The Morgan fingerprint density at radius 2 is 2.17 bits per heavy atom. The Balaban J connectivity index is 1.52. The van der Waals surface area contributed by atoms with Gasteiger partial charge in [0.05, 0.1) is 12.1 Å². The molecule has 0 aliphatic carbocycles. The third-order valence-corrected chi connectivity index (χ3v) is 4.32. The molecule has 0 unspecified atom stereocenters. The first-order chi connectivity index (χ1) is 11.8. The van der Waals surface area contributed by atoms with Crippen molar-refractivity contribution in [1.29, 1.82) is 0 Å². The summed E-state index contributed by atoms with van der Waals surface area (Å²) >= 11 is 1.40. The van der Waals surface area contributed by atoms with Crippen LogP contribution in [0.1, 0.15) is 5.56 Å². The van der Waals surface area contributed by atoms with E-state index in [0.717, 1.165) is 27.9 Å². The third-order valence-electron chi connectivity index (χ3n) is 3.57. The van der Waals surface area contributed by atoms with Crippen LogP contribution < -0.4 is 5.32 Å². The van der Waals surface area contributed by atoms with Gasteiger partial charge >= 0.3 is 0 Å². The number of anilines is 1. The normalized spacial score (nSPS) is 10.8. The third kappa shape index (κ3) is 2.89. The molecule has 118 valence electrons. The highest BCUT2D eigenvalue weighted by Gasteiger charge is 2.12. The second-order valence-electron chi connectivity index (χ2n) is 5.23. The summed E-state index contributed by atoms with van der Waals surface area (Å²) in [5.41, 5.74) is 3.48. The number of aromatic amines is 1. The fourth-order valence-corrected chi connectivity index (χ4v) is 3.20. The number of hydrogen-bond donors (Lipinski definition) is 2. The first kappa shape index (κ1) is 14.5. The van der Waals surface area contributed by atoms with Crippen LogP contribution in [0.2, 0.25) is 0 Å². The zero-order valence-electron chi connectivity index (χ0n) is 12.6. The summed E-state index contributed by atoms with van der Waals surface area (Å²) in [4.78, 5) is 28.0. The Morgan fingerprint density at radius 3 is 3.04 bits per heavy atom. The fraction of sp³-hybridized carbons (Fsp3) is 0.0588. The number of pyridine rings is 2. The maximum absolute atomic E-state index is 12.1. The minimum atomic E-state index is -0.107. The van der Waals surface area contributed by atoms with Gasteiger partial charge < -0.3 is 10.3 Å². The van der Waals surface area contributed by atoms with Crippen molar-refractivity contribution in [1.82, 2.24) is 19.9 Å². The number of rotatable bonds is 4. The molecule has 2 N–H and O–H groups in total. The van der Waals surface area contributed by atoms with Gasteiger partial charge in [0.25, 0.3) is 0 Å². The lowest BCUT2D eigenvalue weighted by Gasteiger charge is -2.01. The number of amides is 1. The van der Waals surface area contributed by atoms with Gasteiger partial charge in [-0.25, -0.2) is 9.97 Å². The maximum Gasteiger partial charge on any atom is 0.230 e. The molecule has 0 saturated heterocycles. The second kappa shape index (κ2) is 6.21. The van der Waals surface area contributed by atoms with Crippen LogP contribution in [0.15, 0.2) is 54.4 Å². The lowest BCUT2D eigenvalue weighted by molar-refractivity contribution is -0.115. The Labute approximate surface area is 141 Å². The van der Waals surface area contributed by atoms with Crippen LogP contribution in [-0.4, -0.2) is 25.8 Å². The molecule has 0 spiro atoms. The molecule has 0 bridgehead atoms. The molecule has 7 heteroatoms. The van der Waals surface area contributed by atoms with Gasteiger partial charge in [0.1, 0.15) is 5.65 Å². The summed E-state index contributed by atoms with van der Waals surface area (Å²) in [5.74, 6) is -0.107. The first-order valence-electron chi connectivity index (χ1n) is 7.36. The quantitative estimate of drug-likeness (QED) is 0.599. The van der Waals surface area contributed by atoms with Crippen molar-refractivity contribution >= 4 is 33.4 Å². The zero-order chi connectivity index (χ0) is 16.4. The minimum absolute atomic E-state index is 0.107. The van der Waals surface area contributed by atoms with Gasteiger partial charge in [-0.2, -0.15) is 0 Å². The average molecular weight is 335 g/mol. The molecule has 4 aromatic heterocycles. The smallest absolute Gasteiger partial charge is 0.230 e. The van der Waals surface area contributed by atoms with E-state index in [2.05, 4.69) is 25.3 Å². The van der Waals surface area contributed by atoms with E-state index in [1.807, 2.05) is 35.8 Å². The van der Waals surface area contributed by atoms with Crippen LogP contribution >= 0.6 is 11.3 Å². The van der Waals surface area contributed by atoms with Crippen LogP contribution in [0.25, 0.3) is 22.3 Å². The van der Waals surface area contributed by atoms with E-state index in [1.54, 1.807) is 18.6 Å². The molecule has 1 amide bonds. The Morgan fingerprint density at radius 1 is 1.25 bits per heavy atom. The van der Waals surface area contributed by atoms with Gasteiger partial charge in [0.15, 0.2) is 5.13 Å². The van der Waals surface area contributed by atoms with E-state index in [0.29, 0.717) is 5.13 Å². The minimum Gasteiger partial charge on any atom is -0.345 e. The molecule has 0 saturated carbocycles. The van der Waals surface area contributed by atoms with Crippen molar-refractivity contribution in [3.63, 3.8) is 0 Å². The van der Waals surface area contributed by atoms with Gasteiger partial charge in [0, 0.05) is 41.1 Å². The van der Waals surface area contributed by atoms with E-state index in [9.17, 15) is 4.79 Å². The molecular weight excluding hydrogens is 322 g/mol. The average Bonchev–Trinajstić information content (AvgIpc) is 3.22. The second-order valence-corrected chi connectivity index (χ2v) is 6.08. The number of H-pyrrole nitrogens is 1. The molecule has 0 radical (unpaired) electrons. The summed E-state index contributed by atoms with van der Waals surface area (Å²) in [6.45, 7) is 0. The number of fused-ring (bicyclic) bond motifs is 1. The van der Waals surface area contributed by atoms with Gasteiger partial charge in [-0.1, -0.05) is 6.07 Å². The fourth-order valence-electron chi connectivity index (χ4n) is 2.47.